The molecule has 2 aromatic heterocycles. The summed E-state index contributed by atoms with van der Waals surface area (Å²) < 4.78 is 7.03. The summed E-state index contributed by atoms with van der Waals surface area (Å²) in [5.74, 6) is 2.63. The van der Waals surface area contributed by atoms with Gasteiger partial charge in [0.1, 0.15) is 12.2 Å². The highest BCUT2D eigenvalue weighted by Crippen LogP contribution is 2.33. The van der Waals surface area contributed by atoms with Crippen LogP contribution >= 0.6 is 0 Å². The molecule has 1 aliphatic rings. The number of carbonyl (C=O) groups is 1. The van der Waals surface area contributed by atoms with Crippen molar-refractivity contribution < 1.29 is 24.6 Å². The number of aliphatic hydroxyl groups is 2. The lowest BCUT2D eigenvalue weighted by atomic mass is 10.2. The van der Waals surface area contributed by atoms with E-state index in [0.29, 0.717) is 11.9 Å². The molecule has 3 rings (SSSR count). The number of hydrogen-bond donors (Lipinski definition) is 3. The Kier molecular flexibility index (Phi) is 4.51. The highest BCUT2D eigenvalue weighted by Gasteiger charge is 2.46. The molecule has 1 saturated heterocycles. The predicted molar refractivity (Wildman–Crippen MR) is 83.6 cm³/mol. The number of rotatable bonds is 5. The van der Waals surface area contributed by atoms with Crippen LogP contribution in [0, 0.1) is 12.3 Å². The molecule has 4 atom stereocenters. The van der Waals surface area contributed by atoms with E-state index in [1.165, 1.54) is 25.1 Å². The van der Waals surface area contributed by atoms with Crippen LogP contribution in [0.3, 0.4) is 0 Å². The monoisotopic (exact) mass is 348 g/mol. The Balaban J connectivity index is 2.06. The number of nitrogens with zero attached hydrogens (tertiary/aromatic N) is 5. The molecule has 11 heteroatoms. The first kappa shape index (κ1) is 17.1. The minimum absolute atomic E-state index is 0.0726. The molecule has 0 aliphatic carbocycles. The molecule has 1 aliphatic heterocycles. The maximum absolute atomic E-state index is 10.9. The minimum atomic E-state index is -1.31. The van der Waals surface area contributed by atoms with Crippen LogP contribution in [0.2, 0.25) is 0 Å². The van der Waals surface area contributed by atoms with Gasteiger partial charge in [0.2, 0.25) is 12.2 Å². The van der Waals surface area contributed by atoms with Crippen molar-refractivity contribution in [2.45, 2.75) is 24.7 Å². The molecule has 3 N–H and O–H groups in total. The Morgan fingerprint density at radius 2 is 2.24 bits per heavy atom. The number of aromatic nitrogens is 4. The Morgan fingerprint density at radius 3 is 2.88 bits per heavy atom. The number of ether oxygens (including phenoxy) is 1. The first-order valence-corrected chi connectivity index (χ1v) is 7.20. The van der Waals surface area contributed by atoms with Crippen molar-refractivity contribution in [3.8, 4) is 12.3 Å². The topological polar surface area (TPSA) is 135 Å². The Labute approximate surface area is 142 Å². The summed E-state index contributed by atoms with van der Waals surface area (Å²) in [6, 6.07) is 0. The zero-order valence-electron chi connectivity index (χ0n) is 13.4. The molecule has 0 radical (unpaired) electrons. The third-order valence-corrected chi connectivity index (χ3v) is 3.80. The lowest BCUT2D eigenvalue weighted by molar-refractivity contribution is -0.138. The van der Waals surface area contributed by atoms with Gasteiger partial charge >= 0.3 is 0 Å². The van der Waals surface area contributed by atoms with E-state index in [4.69, 9.17) is 16.0 Å². The normalized spacial score (nSPS) is 25.7. The number of nitrogens with one attached hydrogen (secondary N) is 1. The van der Waals surface area contributed by atoms with Crippen molar-refractivity contribution >= 4 is 23.4 Å². The highest BCUT2D eigenvalue weighted by atomic mass is 16.6. The molecule has 2 aromatic rings. The van der Waals surface area contributed by atoms with E-state index < -0.39 is 24.7 Å². The number of aliphatic hydroxyl groups excluding tert-OH is 2. The van der Waals surface area contributed by atoms with Crippen molar-refractivity contribution in [3.05, 3.63) is 12.2 Å². The van der Waals surface area contributed by atoms with Gasteiger partial charge in [0.25, 0.3) is 0 Å². The van der Waals surface area contributed by atoms with Crippen LogP contribution in [0.1, 0.15) is 12.1 Å². The van der Waals surface area contributed by atoms with E-state index in [0.717, 1.165) is 4.90 Å². The Bertz CT molecular complexity index is 833. The fourth-order valence-electron chi connectivity index (χ4n) is 2.60. The van der Waals surface area contributed by atoms with Gasteiger partial charge in [-0.15, -0.1) is 6.42 Å². The Morgan fingerprint density at radius 1 is 1.48 bits per heavy atom. The molecular weight excluding hydrogens is 332 g/mol. The number of imidazole rings is 1. The largest absolute Gasteiger partial charge is 0.385 e. The smallest absolute Gasteiger partial charge is 0.211 e. The first-order chi connectivity index (χ1) is 12.0. The van der Waals surface area contributed by atoms with Crippen molar-refractivity contribution in [2.24, 2.45) is 0 Å². The average molecular weight is 348 g/mol. The van der Waals surface area contributed by atoms with E-state index in [1.807, 2.05) is 0 Å². The summed E-state index contributed by atoms with van der Waals surface area (Å²) >= 11 is 0. The van der Waals surface area contributed by atoms with Crippen molar-refractivity contribution in [1.29, 1.82) is 0 Å². The number of carbonyl (C=O) groups excluding carboxylic acids is 1. The first-order valence-electron chi connectivity index (χ1n) is 7.20. The fourth-order valence-corrected chi connectivity index (χ4v) is 2.60. The van der Waals surface area contributed by atoms with E-state index in [9.17, 15) is 15.0 Å². The summed E-state index contributed by atoms with van der Waals surface area (Å²) in [6.45, 7) is 0. The second kappa shape index (κ2) is 6.61. The second-order valence-corrected chi connectivity index (χ2v) is 5.34. The number of amides is 1. The lowest BCUT2D eigenvalue weighted by Gasteiger charge is -2.22. The van der Waals surface area contributed by atoms with Gasteiger partial charge in [0.05, 0.1) is 13.4 Å². The highest BCUT2D eigenvalue weighted by molar-refractivity contribution is 5.83. The molecule has 0 aromatic carbocycles. The van der Waals surface area contributed by atoms with Gasteiger partial charge in [0.15, 0.2) is 29.4 Å². The maximum Gasteiger partial charge on any atom is 0.211 e. The van der Waals surface area contributed by atoms with Gasteiger partial charge in [-0.2, -0.15) is 4.98 Å². The molecule has 0 bridgehead atoms. The van der Waals surface area contributed by atoms with Crippen molar-refractivity contribution in [1.82, 2.24) is 24.4 Å². The summed E-state index contributed by atoms with van der Waals surface area (Å²) in [7, 11) is 2.84. The van der Waals surface area contributed by atoms with Gasteiger partial charge in [0, 0.05) is 7.05 Å². The zero-order valence-corrected chi connectivity index (χ0v) is 13.4. The van der Waals surface area contributed by atoms with Crippen molar-refractivity contribution in [2.75, 3.05) is 19.6 Å². The Hall–Kier alpha value is -2.78. The molecule has 1 amide bonds. The molecular formula is C14H16N6O5. The van der Waals surface area contributed by atoms with Gasteiger partial charge < -0.3 is 19.8 Å². The van der Waals surface area contributed by atoms with Gasteiger partial charge in [-0.25, -0.2) is 15.4 Å². The second-order valence-electron chi connectivity index (χ2n) is 5.34. The van der Waals surface area contributed by atoms with Crippen LogP contribution in [0.25, 0.3) is 11.2 Å². The van der Waals surface area contributed by atoms with Gasteiger partial charge in [-0.05, 0) is 5.92 Å². The maximum atomic E-state index is 10.9. The number of anilines is 1. The number of fused-ring (bicyclic) bond motifs is 1. The van der Waals surface area contributed by atoms with E-state index in [-0.39, 0.29) is 17.3 Å². The standard InChI is InChI=1S/C14H16N6O5/c1-4-7-16-11(18-24-3)8-12(17-7)20(5-15-8)14-10(23)9(22)13(25-14)19(2)6-21/h1,5-6,9-10,13-14,22-23H,2-3H3,(H,16,17,18)/t9-,10+,13-,14+/m0/s1. The minimum Gasteiger partial charge on any atom is -0.385 e. The molecule has 0 unspecified atom stereocenters. The van der Waals surface area contributed by atoms with Gasteiger partial charge in [-0.3, -0.25) is 14.2 Å². The molecule has 0 spiro atoms. The summed E-state index contributed by atoms with van der Waals surface area (Å²) in [4.78, 5) is 29.3. The number of terminal acetylenes is 1. The lowest BCUT2D eigenvalue weighted by Crippen LogP contribution is -2.41. The van der Waals surface area contributed by atoms with Crippen LogP contribution in [0.4, 0.5) is 5.82 Å². The quantitative estimate of drug-likeness (QED) is 0.333. The summed E-state index contributed by atoms with van der Waals surface area (Å²) in [5, 5.41) is 20.4. The van der Waals surface area contributed by atoms with Crippen LogP contribution in [-0.2, 0) is 14.4 Å². The zero-order chi connectivity index (χ0) is 18.1. The van der Waals surface area contributed by atoms with E-state index in [1.54, 1.807) is 0 Å². The SMILES string of the molecule is C#Cc1nc(NOC)c2ncn([C@@H]3O[C@H](N(C)C=O)[C@@H](O)[C@H]3O)c2n1. The molecule has 11 nitrogen and oxygen atoms in total. The molecule has 0 saturated carbocycles. The van der Waals surface area contributed by atoms with Gasteiger partial charge in [-0.1, -0.05) is 0 Å². The number of hydrogen-bond acceptors (Lipinski definition) is 9. The molecule has 1 fully saturated rings. The summed E-state index contributed by atoms with van der Waals surface area (Å²) in [5.41, 5.74) is 3.16. The summed E-state index contributed by atoms with van der Waals surface area (Å²) in [6.07, 6.45) is 2.57. The van der Waals surface area contributed by atoms with Crippen LogP contribution in [-0.4, -0.2) is 73.6 Å². The van der Waals surface area contributed by atoms with Crippen LogP contribution in [0.15, 0.2) is 6.33 Å². The molecule has 132 valence electrons. The molecule has 3 heterocycles. The molecule has 25 heavy (non-hydrogen) atoms. The van der Waals surface area contributed by atoms with Crippen LogP contribution < -0.4 is 5.48 Å². The third kappa shape index (κ3) is 2.77. The van der Waals surface area contributed by atoms with E-state index in [2.05, 4.69) is 26.4 Å². The fraction of sp³-hybridized carbons (Fsp3) is 0.429. The van der Waals surface area contributed by atoms with Crippen molar-refractivity contribution in [3.63, 3.8) is 0 Å². The average Bonchev–Trinajstić information content (AvgIpc) is 3.16. The predicted octanol–water partition coefficient (Wildman–Crippen LogP) is -1.55. The van der Waals surface area contributed by atoms with E-state index >= 15 is 0 Å². The third-order valence-electron chi connectivity index (χ3n) is 3.80. The number of likely N-dealkylation sites (N-methyl/N-ethyl adjacent to an activating group) is 1. The van der Waals surface area contributed by atoms with Crippen LogP contribution in [0.5, 0.6) is 0 Å².